The Morgan fingerprint density at radius 3 is 2.50 bits per heavy atom. The number of rotatable bonds is 8. The Labute approximate surface area is 200 Å². The van der Waals surface area contributed by atoms with Gasteiger partial charge in [-0.2, -0.15) is 0 Å². The first-order valence-electron chi connectivity index (χ1n) is 11.6. The minimum absolute atomic E-state index is 0.192. The highest BCUT2D eigenvalue weighted by Gasteiger charge is 2.47. The van der Waals surface area contributed by atoms with Gasteiger partial charge in [-0.25, -0.2) is 4.79 Å². The largest absolute Gasteiger partial charge is 0.493 e. The lowest BCUT2D eigenvalue weighted by Crippen LogP contribution is -2.43. The number of carbonyl (C=O) groups excluding carboxylic acids is 3. The molecule has 0 bridgehead atoms. The summed E-state index contributed by atoms with van der Waals surface area (Å²) in [5, 5.41) is 3.24. The summed E-state index contributed by atoms with van der Waals surface area (Å²) in [5.74, 6) is -2.29. The van der Waals surface area contributed by atoms with E-state index < -0.39 is 23.8 Å². The van der Waals surface area contributed by atoms with Crippen molar-refractivity contribution in [3.63, 3.8) is 0 Å². The number of nitrogens with one attached hydrogen (secondary N) is 1. The molecule has 3 atom stereocenters. The predicted molar refractivity (Wildman–Crippen MR) is 125 cm³/mol. The molecule has 8 nitrogen and oxygen atoms in total. The number of Topliss-reactive ketones (excluding diaryl/α,β-unsaturated/α-hetero) is 1. The van der Waals surface area contributed by atoms with Crippen molar-refractivity contribution in [1.29, 1.82) is 0 Å². The van der Waals surface area contributed by atoms with Crippen molar-refractivity contribution in [3.8, 4) is 11.5 Å². The molecule has 1 aliphatic heterocycles. The Morgan fingerprint density at radius 1 is 1.15 bits per heavy atom. The molecule has 0 spiro atoms. The Balaban J connectivity index is 2.19. The fourth-order valence-corrected chi connectivity index (χ4v) is 4.69. The van der Waals surface area contributed by atoms with Gasteiger partial charge in [0.2, 0.25) is 0 Å². The molecular weight excluding hydrogens is 438 g/mol. The van der Waals surface area contributed by atoms with Crippen LogP contribution in [0.15, 0.2) is 40.7 Å². The molecule has 8 heteroatoms. The van der Waals surface area contributed by atoms with Gasteiger partial charge in [-0.1, -0.05) is 19.9 Å². The van der Waals surface area contributed by atoms with Gasteiger partial charge in [0.1, 0.15) is 5.92 Å². The lowest BCUT2D eigenvalue weighted by atomic mass is 9.69. The van der Waals surface area contributed by atoms with Gasteiger partial charge in [0.25, 0.3) is 0 Å². The molecular formula is C26H33NO7. The average molecular weight is 472 g/mol. The second-order valence-electron chi connectivity index (χ2n) is 8.51. The molecule has 34 heavy (non-hydrogen) atoms. The van der Waals surface area contributed by atoms with Crippen molar-refractivity contribution < 1.29 is 33.3 Å². The van der Waals surface area contributed by atoms with Crippen LogP contribution in [0.3, 0.4) is 0 Å². The SMILES string of the molecule is CCCOc1ccc([C@H]2C(C(=O)OCC)=C(C)NC3=C2C(=O)[C@@H](C(=O)OC)[C@@H](C)C3)cc1OC. The first-order valence-corrected chi connectivity index (χ1v) is 11.6. The summed E-state index contributed by atoms with van der Waals surface area (Å²) >= 11 is 0. The molecule has 0 radical (unpaired) electrons. The second-order valence-corrected chi connectivity index (χ2v) is 8.51. The molecule has 0 aromatic heterocycles. The predicted octanol–water partition coefficient (Wildman–Crippen LogP) is 3.66. The van der Waals surface area contributed by atoms with Crippen LogP contribution in [-0.2, 0) is 23.9 Å². The van der Waals surface area contributed by atoms with Crippen LogP contribution >= 0.6 is 0 Å². The Hall–Kier alpha value is -3.29. The van der Waals surface area contributed by atoms with E-state index in [0.717, 1.165) is 6.42 Å². The number of carbonyl (C=O) groups is 3. The molecule has 0 fully saturated rings. The maximum Gasteiger partial charge on any atom is 0.336 e. The van der Waals surface area contributed by atoms with E-state index >= 15 is 0 Å². The molecule has 2 aliphatic rings. The summed E-state index contributed by atoms with van der Waals surface area (Å²) < 4.78 is 21.6. The van der Waals surface area contributed by atoms with Crippen LogP contribution in [0.5, 0.6) is 11.5 Å². The number of methoxy groups -OCH3 is 2. The summed E-state index contributed by atoms with van der Waals surface area (Å²) in [4.78, 5) is 39.3. The summed E-state index contributed by atoms with van der Waals surface area (Å²) in [5.41, 5.74) is 2.70. The number of ketones is 1. The molecule has 184 valence electrons. The van der Waals surface area contributed by atoms with Gasteiger partial charge >= 0.3 is 11.9 Å². The van der Waals surface area contributed by atoms with Crippen LogP contribution in [0, 0.1) is 11.8 Å². The van der Waals surface area contributed by atoms with Crippen molar-refractivity contribution in [1.82, 2.24) is 5.32 Å². The van der Waals surface area contributed by atoms with Crippen molar-refractivity contribution in [3.05, 3.63) is 46.3 Å². The molecule has 1 N–H and O–H groups in total. The van der Waals surface area contributed by atoms with E-state index in [9.17, 15) is 14.4 Å². The van der Waals surface area contributed by atoms with Crippen LogP contribution in [0.4, 0.5) is 0 Å². The number of hydrogen-bond acceptors (Lipinski definition) is 8. The quantitative estimate of drug-likeness (QED) is 0.453. The molecule has 1 aromatic carbocycles. The van der Waals surface area contributed by atoms with Gasteiger partial charge in [-0.05, 0) is 50.3 Å². The van der Waals surface area contributed by atoms with E-state index in [4.69, 9.17) is 18.9 Å². The highest BCUT2D eigenvalue weighted by atomic mass is 16.5. The molecule has 1 heterocycles. The van der Waals surface area contributed by atoms with Crippen LogP contribution in [-0.4, -0.2) is 45.2 Å². The maximum atomic E-state index is 13.7. The van der Waals surface area contributed by atoms with Gasteiger partial charge < -0.3 is 24.3 Å². The van der Waals surface area contributed by atoms with E-state index in [1.54, 1.807) is 33.1 Å². The van der Waals surface area contributed by atoms with Crippen LogP contribution in [0.2, 0.25) is 0 Å². The number of hydrogen-bond donors (Lipinski definition) is 1. The Kier molecular flexibility index (Phi) is 8.02. The zero-order valence-corrected chi connectivity index (χ0v) is 20.7. The van der Waals surface area contributed by atoms with Crippen LogP contribution in [0.1, 0.15) is 52.0 Å². The molecule has 0 saturated heterocycles. The number of esters is 2. The number of allylic oxidation sites excluding steroid dienone is 3. The standard InChI is InChI=1S/C26H33NO7/c1-7-11-34-18-10-9-16(13-19(18)31-5)22-21(26(30)33-8-2)15(4)27-17-12-14(3)20(25(29)32-6)24(28)23(17)22/h9-10,13-14,20,22,27H,7-8,11-12H2,1-6H3/t14-,20-,22-/m0/s1. The normalized spacial score (nSPS) is 22.1. The van der Waals surface area contributed by atoms with E-state index in [2.05, 4.69) is 5.32 Å². The van der Waals surface area contributed by atoms with E-state index in [1.165, 1.54) is 7.11 Å². The monoisotopic (exact) mass is 471 g/mol. The first kappa shape index (κ1) is 25.3. The maximum absolute atomic E-state index is 13.7. The Morgan fingerprint density at radius 2 is 1.88 bits per heavy atom. The lowest BCUT2D eigenvalue weighted by molar-refractivity contribution is -0.151. The summed E-state index contributed by atoms with van der Waals surface area (Å²) in [6.07, 6.45) is 1.31. The number of dihydropyridines is 1. The highest BCUT2D eigenvalue weighted by molar-refractivity contribution is 6.12. The highest BCUT2D eigenvalue weighted by Crippen LogP contribution is 2.46. The molecule has 0 saturated carbocycles. The molecule has 1 aromatic rings. The van der Waals surface area contributed by atoms with E-state index in [1.807, 2.05) is 19.9 Å². The summed E-state index contributed by atoms with van der Waals surface area (Å²) in [7, 11) is 2.82. The average Bonchev–Trinajstić information content (AvgIpc) is 2.81. The number of ether oxygens (including phenoxy) is 4. The van der Waals surface area contributed by atoms with Gasteiger partial charge in [0.15, 0.2) is 17.3 Å². The minimum atomic E-state index is -0.941. The number of benzene rings is 1. The topological polar surface area (TPSA) is 100 Å². The Bertz CT molecular complexity index is 1040. The van der Waals surface area contributed by atoms with Gasteiger partial charge in [-0.15, -0.1) is 0 Å². The molecule has 3 rings (SSSR count). The zero-order valence-electron chi connectivity index (χ0n) is 20.7. The molecule has 0 unspecified atom stereocenters. The fraction of sp³-hybridized carbons (Fsp3) is 0.500. The minimum Gasteiger partial charge on any atom is -0.493 e. The zero-order chi connectivity index (χ0) is 25.0. The molecule has 1 aliphatic carbocycles. The second kappa shape index (κ2) is 10.8. The fourth-order valence-electron chi connectivity index (χ4n) is 4.69. The van der Waals surface area contributed by atoms with Crippen molar-refractivity contribution in [2.75, 3.05) is 27.4 Å². The van der Waals surface area contributed by atoms with Crippen molar-refractivity contribution in [2.24, 2.45) is 11.8 Å². The van der Waals surface area contributed by atoms with Gasteiger partial charge in [0.05, 0.1) is 33.0 Å². The lowest BCUT2D eigenvalue weighted by Gasteiger charge is -2.38. The summed E-state index contributed by atoms with van der Waals surface area (Å²) in [6, 6.07) is 5.37. The van der Waals surface area contributed by atoms with Crippen molar-refractivity contribution in [2.45, 2.75) is 46.5 Å². The van der Waals surface area contributed by atoms with Crippen molar-refractivity contribution >= 4 is 17.7 Å². The third-order valence-electron chi connectivity index (χ3n) is 6.22. The molecule has 0 amide bonds. The van der Waals surface area contributed by atoms with Crippen LogP contribution in [0.25, 0.3) is 0 Å². The third kappa shape index (κ3) is 4.67. The van der Waals surface area contributed by atoms with Gasteiger partial charge in [-0.3, -0.25) is 9.59 Å². The summed E-state index contributed by atoms with van der Waals surface area (Å²) in [6.45, 7) is 8.10. The smallest absolute Gasteiger partial charge is 0.336 e. The third-order valence-corrected chi connectivity index (χ3v) is 6.22. The van der Waals surface area contributed by atoms with E-state index in [-0.39, 0.29) is 18.3 Å². The first-order chi connectivity index (χ1) is 16.3. The van der Waals surface area contributed by atoms with Crippen LogP contribution < -0.4 is 14.8 Å². The van der Waals surface area contributed by atoms with E-state index in [0.29, 0.717) is 52.6 Å². The van der Waals surface area contributed by atoms with Gasteiger partial charge in [0, 0.05) is 22.9 Å².